The van der Waals surface area contributed by atoms with Gasteiger partial charge in [-0.3, -0.25) is 14.9 Å². The number of carbonyl (C=O) groups excluding carboxylic acids is 1. The first kappa shape index (κ1) is 24.9. The first-order valence-corrected chi connectivity index (χ1v) is 12.3. The molecule has 0 aromatic heterocycles. The van der Waals surface area contributed by atoms with Crippen molar-refractivity contribution >= 4 is 33.4 Å². The van der Waals surface area contributed by atoms with Crippen LogP contribution in [0.3, 0.4) is 0 Å². The minimum atomic E-state index is -4.20. The molecule has 7 nitrogen and oxygen atoms in total. The third-order valence-electron chi connectivity index (χ3n) is 5.25. The quantitative estimate of drug-likeness (QED) is 0.224. The van der Waals surface area contributed by atoms with E-state index in [1.54, 1.807) is 30.3 Å². The summed E-state index contributed by atoms with van der Waals surface area (Å²) in [7, 11) is -4.20. The molecule has 0 N–H and O–H groups in total. The van der Waals surface area contributed by atoms with Crippen LogP contribution < -0.4 is 4.31 Å². The van der Waals surface area contributed by atoms with E-state index in [1.165, 1.54) is 36.4 Å². The van der Waals surface area contributed by atoms with Crippen molar-refractivity contribution < 1.29 is 18.1 Å². The molecule has 0 fully saturated rings. The van der Waals surface area contributed by atoms with E-state index in [1.807, 2.05) is 19.1 Å². The van der Waals surface area contributed by atoms with Crippen molar-refractivity contribution in [1.82, 2.24) is 0 Å². The van der Waals surface area contributed by atoms with Crippen LogP contribution in [0.25, 0.3) is 6.08 Å². The van der Waals surface area contributed by atoms with E-state index >= 15 is 0 Å². The highest BCUT2D eigenvalue weighted by molar-refractivity contribution is 7.93. The Morgan fingerprint density at radius 2 is 1.71 bits per heavy atom. The number of rotatable bonds is 9. The van der Waals surface area contributed by atoms with Crippen LogP contribution in [0.2, 0.25) is 0 Å². The zero-order valence-corrected chi connectivity index (χ0v) is 19.9. The van der Waals surface area contributed by atoms with Crippen molar-refractivity contribution in [2.45, 2.75) is 38.0 Å². The summed E-state index contributed by atoms with van der Waals surface area (Å²) >= 11 is 0. The van der Waals surface area contributed by atoms with Gasteiger partial charge in [0.05, 0.1) is 15.5 Å². The monoisotopic (exact) mass is 478 g/mol. The minimum Gasteiger partial charge on any atom is -0.268 e. The van der Waals surface area contributed by atoms with E-state index in [2.05, 4.69) is 6.92 Å². The van der Waals surface area contributed by atoms with E-state index in [0.717, 1.165) is 40.8 Å². The number of carbonyl (C=O) groups is 1. The fourth-order valence-corrected chi connectivity index (χ4v) is 4.74. The molecule has 8 heteroatoms. The summed E-state index contributed by atoms with van der Waals surface area (Å²) < 4.78 is 27.7. The third-order valence-corrected chi connectivity index (χ3v) is 6.99. The summed E-state index contributed by atoms with van der Waals surface area (Å²) in [6, 6.07) is 18.9. The summed E-state index contributed by atoms with van der Waals surface area (Å²) in [6.07, 6.45) is 5.38. The van der Waals surface area contributed by atoms with Crippen LogP contribution in [0, 0.1) is 17.0 Å². The Bertz CT molecular complexity index is 1300. The molecule has 3 rings (SSSR count). The molecule has 0 bridgehead atoms. The van der Waals surface area contributed by atoms with Gasteiger partial charge in [0, 0.05) is 18.2 Å². The van der Waals surface area contributed by atoms with Crippen LogP contribution in [0.4, 0.5) is 11.4 Å². The highest BCUT2D eigenvalue weighted by atomic mass is 32.2. The smallest absolute Gasteiger partial charge is 0.268 e. The Balaban J connectivity index is 2.00. The van der Waals surface area contributed by atoms with Gasteiger partial charge in [0.2, 0.25) is 0 Å². The summed E-state index contributed by atoms with van der Waals surface area (Å²) in [5, 5.41) is 11.0. The maximum absolute atomic E-state index is 13.5. The van der Waals surface area contributed by atoms with E-state index in [9.17, 15) is 23.3 Å². The zero-order chi connectivity index (χ0) is 24.7. The van der Waals surface area contributed by atoms with Gasteiger partial charge in [0.25, 0.3) is 21.6 Å². The van der Waals surface area contributed by atoms with Gasteiger partial charge in [-0.2, -0.15) is 4.31 Å². The molecule has 0 aliphatic carbocycles. The molecule has 3 aromatic carbocycles. The zero-order valence-electron chi connectivity index (χ0n) is 19.0. The van der Waals surface area contributed by atoms with Crippen LogP contribution in [0.1, 0.15) is 36.5 Å². The van der Waals surface area contributed by atoms with Crippen molar-refractivity contribution in [3.63, 3.8) is 0 Å². The molecule has 176 valence electrons. The summed E-state index contributed by atoms with van der Waals surface area (Å²) in [4.78, 5) is 23.7. The van der Waals surface area contributed by atoms with Gasteiger partial charge >= 0.3 is 0 Å². The van der Waals surface area contributed by atoms with Gasteiger partial charge in [-0.1, -0.05) is 55.3 Å². The number of benzene rings is 3. The van der Waals surface area contributed by atoms with Crippen molar-refractivity contribution in [3.8, 4) is 0 Å². The van der Waals surface area contributed by atoms with Gasteiger partial charge in [0.15, 0.2) is 0 Å². The number of hydrogen-bond acceptors (Lipinski definition) is 5. The molecule has 34 heavy (non-hydrogen) atoms. The maximum atomic E-state index is 13.5. The Hall–Kier alpha value is -3.78. The third kappa shape index (κ3) is 5.96. The van der Waals surface area contributed by atoms with E-state index in [0.29, 0.717) is 5.56 Å². The second-order valence-electron chi connectivity index (χ2n) is 7.88. The second-order valence-corrected chi connectivity index (χ2v) is 9.66. The molecule has 0 heterocycles. The maximum Gasteiger partial charge on any atom is 0.271 e. The first-order valence-electron chi connectivity index (χ1n) is 10.9. The molecule has 0 atom stereocenters. The molecule has 0 saturated carbocycles. The molecule has 0 saturated heterocycles. The Kier molecular flexibility index (Phi) is 7.96. The topological polar surface area (TPSA) is 97.6 Å². The fourth-order valence-electron chi connectivity index (χ4n) is 3.36. The molecule has 0 radical (unpaired) electrons. The summed E-state index contributed by atoms with van der Waals surface area (Å²) in [5.74, 6) is -0.784. The molecule has 3 aromatic rings. The first-order chi connectivity index (χ1) is 16.2. The van der Waals surface area contributed by atoms with Crippen LogP contribution in [-0.2, 0) is 21.2 Å². The molecule has 1 amide bonds. The van der Waals surface area contributed by atoms with Crippen molar-refractivity contribution in [1.29, 1.82) is 0 Å². The standard InChI is InChI=1S/C26H26N2O5S/c1-3-4-6-21-11-14-23(15-12-21)27(34(32,33)25-16-9-20(2)10-17-25)26(29)18-13-22-7-5-8-24(19-22)28(30)31/h5,7-19H,3-4,6H2,1-2H3/b18-13+. The lowest BCUT2D eigenvalue weighted by Crippen LogP contribution is -2.35. The number of sulfonamides is 1. The molecular formula is C26H26N2O5S. The lowest BCUT2D eigenvalue weighted by Gasteiger charge is -2.22. The number of anilines is 1. The lowest BCUT2D eigenvalue weighted by molar-refractivity contribution is -0.384. The molecule has 0 aliphatic rings. The largest absolute Gasteiger partial charge is 0.271 e. The Morgan fingerprint density at radius 3 is 2.32 bits per heavy atom. The summed E-state index contributed by atoms with van der Waals surface area (Å²) in [6.45, 7) is 3.94. The minimum absolute atomic E-state index is 0.00902. The van der Waals surface area contributed by atoms with Crippen molar-refractivity contribution in [2.75, 3.05) is 4.31 Å². The SMILES string of the molecule is CCCCc1ccc(N(C(=O)/C=C/c2cccc([N+](=O)[O-])c2)S(=O)(=O)c2ccc(C)cc2)cc1. The number of nitro groups is 1. The number of non-ortho nitro benzene ring substituents is 1. The van der Waals surface area contributed by atoms with Gasteiger partial charge in [-0.15, -0.1) is 0 Å². The number of aryl methyl sites for hydroxylation is 2. The van der Waals surface area contributed by atoms with Crippen molar-refractivity contribution in [3.05, 3.63) is 106 Å². The fraction of sp³-hybridized carbons (Fsp3) is 0.192. The molecule has 0 unspecified atom stereocenters. The van der Waals surface area contributed by atoms with E-state index in [4.69, 9.17) is 0 Å². The molecular weight excluding hydrogens is 452 g/mol. The van der Waals surface area contributed by atoms with Crippen LogP contribution in [0.5, 0.6) is 0 Å². The average Bonchev–Trinajstić information content (AvgIpc) is 2.82. The van der Waals surface area contributed by atoms with E-state index in [-0.39, 0.29) is 16.3 Å². The predicted octanol–water partition coefficient (Wildman–Crippen LogP) is 5.68. The van der Waals surface area contributed by atoms with Crippen LogP contribution in [0.15, 0.2) is 83.8 Å². The highest BCUT2D eigenvalue weighted by Crippen LogP contribution is 2.26. The van der Waals surface area contributed by atoms with Gasteiger partial charge < -0.3 is 0 Å². The number of amides is 1. The Morgan fingerprint density at radius 1 is 1.03 bits per heavy atom. The molecule has 0 spiro atoms. The van der Waals surface area contributed by atoms with Crippen LogP contribution in [-0.4, -0.2) is 19.2 Å². The van der Waals surface area contributed by atoms with Crippen LogP contribution >= 0.6 is 0 Å². The normalized spacial score (nSPS) is 11.5. The highest BCUT2D eigenvalue weighted by Gasteiger charge is 2.29. The van der Waals surface area contributed by atoms with Gasteiger partial charge in [0.1, 0.15) is 0 Å². The molecule has 0 aliphatic heterocycles. The Labute approximate surface area is 199 Å². The number of hydrogen-bond donors (Lipinski definition) is 0. The number of nitrogens with zero attached hydrogens (tertiary/aromatic N) is 2. The van der Waals surface area contributed by atoms with Gasteiger partial charge in [-0.25, -0.2) is 8.42 Å². The van der Waals surface area contributed by atoms with Crippen molar-refractivity contribution in [2.24, 2.45) is 0 Å². The number of nitro benzene ring substituents is 1. The lowest BCUT2D eigenvalue weighted by atomic mass is 10.1. The van der Waals surface area contributed by atoms with E-state index < -0.39 is 20.9 Å². The summed E-state index contributed by atoms with van der Waals surface area (Å²) in [5.41, 5.74) is 2.45. The average molecular weight is 479 g/mol. The second kappa shape index (κ2) is 10.9. The van der Waals surface area contributed by atoms with Gasteiger partial charge in [-0.05, 0) is 61.2 Å². The predicted molar refractivity (Wildman–Crippen MR) is 133 cm³/mol. The number of unbranched alkanes of at least 4 members (excludes halogenated alkanes) is 1.